The fraction of sp³-hybridized carbons (Fsp3) is 0.200. The van der Waals surface area contributed by atoms with E-state index in [9.17, 15) is 15.3 Å². The molecule has 0 saturated carbocycles. The minimum absolute atomic E-state index is 0.0480. The van der Waals surface area contributed by atoms with E-state index in [0.29, 0.717) is 10.8 Å². The number of rotatable bonds is 4. The summed E-state index contributed by atoms with van der Waals surface area (Å²) in [6.07, 6.45) is 0. The molecule has 0 spiro atoms. The molecule has 1 radical (unpaired) electrons. The molecule has 21 heavy (non-hydrogen) atoms. The molecule has 2 aromatic rings. The van der Waals surface area contributed by atoms with E-state index in [4.69, 9.17) is 21.1 Å². The molecule has 2 aromatic carbocycles. The second-order valence-electron chi connectivity index (χ2n) is 4.44. The fourth-order valence-corrected chi connectivity index (χ4v) is 2.28. The van der Waals surface area contributed by atoms with Gasteiger partial charge in [-0.25, -0.2) is 0 Å². The highest BCUT2D eigenvalue weighted by Crippen LogP contribution is 2.37. The van der Waals surface area contributed by atoms with Crippen LogP contribution in [0.25, 0.3) is 0 Å². The predicted octanol–water partition coefficient (Wildman–Crippen LogP) is 3.04. The smallest absolute Gasteiger partial charge is 0.254 e. The molecule has 5 nitrogen and oxygen atoms in total. The molecular weight excluding hydrogens is 296 g/mol. The van der Waals surface area contributed by atoms with E-state index in [-0.39, 0.29) is 22.6 Å². The van der Waals surface area contributed by atoms with E-state index >= 15 is 0 Å². The van der Waals surface area contributed by atoms with Gasteiger partial charge in [0, 0.05) is 29.3 Å². The Bertz CT molecular complexity index is 638. The average Bonchev–Trinajstić information content (AvgIpc) is 2.44. The molecule has 111 valence electrons. The summed E-state index contributed by atoms with van der Waals surface area (Å²) in [6, 6.07) is 8.07. The molecule has 0 bridgehead atoms. The summed E-state index contributed by atoms with van der Waals surface area (Å²) >= 11 is 5.97. The summed E-state index contributed by atoms with van der Waals surface area (Å²) < 4.78 is 10.2. The largest absolute Gasteiger partial charge is 0.508 e. The van der Waals surface area contributed by atoms with Crippen LogP contribution < -0.4 is 4.74 Å². The highest BCUT2D eigenvalue weighted by Gasteiger charge is 2.35. The van der Waals surface area contributed by atoms with Crippen molar-refractivity contribution in [3.63, 3.8) is 0 Å². The van der Waals surface area contributed by atoms with Crippen molar-refractivity contribution in [2.24, 2.45) is 0 Å². The van der Waals surface area contributed by atoms with Gasteiger partial charge in [-0.15, -0.1) is 0 Å². The first-order valence-corrected chi connectivity index (χ1v) is 6.41. The van der Waals surface area contributed by atoms with Gasteiger partial charge < -0.3 is 19.7 Å². The van der Waals surface area contributed by atoms with E-state index in [2.05, 4.69) is 0 Å². The second-order valence-corrected chi connectivity index (χ2v) is 4.87. The molecule has 0 aliphatic rings. The number of phenols is 2. The molecule has 0 saturated heterocycles. The van der Waals surface area contributed by atoms with Crippen molar-refractivity contribution >= 4 is 11.6 Å². The molecule has 2 N–H and O–H groups in total. The summed E-state index contributed by atoms with van der Waals surface area (Å²) in [5, 5.41) is 32.5. The zero-order valence-electron chi connectivity index (χ0n) is 11.5. The molecule has 0 aliphatic carbocycles. The number of phenolic OH excluding ortho intramolecular Hbond substituents is 2. The Kier molecular flexibility index (Phi) is 4.27. The molecule has 1 unspecified atom stereocenters. The monoisotopic (exact) mass is 309 g/mol. The third-order valence-electron chi connectivity index (χ3n) is 3.06. The normalized spacial score (nSPS) is 13.7. The first-order valence-electron chi connectivity index (χ1n) is 6.03. The molecule has 2 rings (SSSR count). The predicted molar refractivity (Wildman–Crippen MR) is 76.3 cm³/mol. The summed E-state index contributed by atoms with van der Waals surface area (Å²) in [5.74, 6) is -2.22. The Balaban J connectivity index is 2.62. The van der Waals surface area contributed by atoms with Gasteiger partial charge >= 0.3 is 0 Å². The first kappa shape index (κ1) is 15.4. The van der Waals surface area contributed by atoms with Gasteiger partial charge in [-0.3, -0.25) is 0 Å². The number of aromatic hydroxyl groups is 2. The van der Waals surface area contributed by atoms with Gasteiger partial charge in [0.15, 0.2) is 0 Å². The molecule has 1 atom stereocenters. The zero-order chi connectivity index (χ0) is 15.6. The van der Waals surface area contributed by atoms with E-state index < -0.39 is 5.79 Å². The van der Waals surface area contributed by atoms with Crippen molar-refractivity contribution in [3.8, 4) is 17.2 Å². The van der Waals surface area contributed by atoms with Crippen LogP contribution in [0.1, 0.15) is 11.1 Å². The van der Waals surface area contributed by atoms with Crippen molar-refractivity contribution in [2.75, 3.05) is 14.2 Å². The molecule has 6 heteroatoms. The van der Waals surface area contributed by atoms with E-state index in [0.717, 1.165) is 6.07 Å². The van der Waals surface area contributed by atoms with Crippen LogP contribution in [0.4, 0.5) is 0 Å². The molecule has 0 aromatic heterocycles. The number of halogens is 1. The topological polar surface area (TPSA) is 78.8 Å². The van der Waals surface area contributed by atoms with Crippen LogP contribution in [0.2, 0.25) is 5.02 Å². The average molecular weight is 310 g/mol. The third kappa shape index (κ3) is 3.05. The van der Waals surface area contributed by atoms with E-state index in [1.165, 1.54) is 38.5 Å². The van der Waals surface area contributed by atoms with Gasteiger partial charge in [-0.1, -0.05) is 11.6 Å². The van der Waals surface area contributed by atoms with E-state index in [1.807, 2.05) is 0 Å². The van der Waals surface area contributed by atoms with E-state index in [1.54, 1.807) is 6.07 Å². The number of benzene rings is 2. The van der Waals surface area contributed by atoms with Gasteiger partial charge in [0.05, 0.1) is 7.11 Å². The van der Waals surface area contributed by atoms with Gasteiger partial charge in [0.25, 0.3) is 5.79 Å². The number of hydrogen-bond donors (Lipinski definition) is 2. The van der Waals surface area contributed by atoms with Crippen LogP contribution in [0, 0.1) is 0 Å². The maximum atomic E-state index is 13.0. The van der Waals surface area contributed by atoms with Crippen molar-refractivity contribution < 1.29 is 24.8 Å². The van der Waals surface area contributed by atoms with Gasteiger partial charge in [0.1, 0.15) is 17.2 Å². The van der Waals surface area contributed by atoms with Crippen molar-refractivity contribution in [1.29, 1.82) is 0 Å². The minimum atomic E-state index is -2.14. The van der Waals surface area contributed by atoms with Crippen LogP contribution in [0.3, 0.4) is 0 Å². The Morgan fingerprint density at radius 2 is 1.52 bits per heavy atom. The molecule has 0 heterocycles. The number of methoxy groups -OCH3 is 2. The molecular formula is C15H14ClO5. The second kappa shape index (κ2) is 5.81. The lowest BCUT2D eigenvalue weighted by Crippen LogP contribution is -2.28. The molecule has 0 aliphatic heterocycles. The number of ether oxygens (including phenoxy) is 2. The van der Waals surface area contributed by atoms with Gasteiger partial charge in [-0.2, -0.15) is 5.11 Å². The zero-order valence-corrected chi connectivity index (χ0v) is 12.2. The Morgan fingerprint density at radius 3 is 2.05 bits per heavy atom. The van der Waals surface area contributed by atoms with Gasteiger partial charge in [-0.05, 0) is 30.3 Å². The summed E-state index contributed by atoms with van der Waals surface area (Å²) in [7, 11) is 2.69. The van der Waals surface area contributed by atoms with Crippen molar-refractivity contribution in [1.82, 2.24) is 0 Å². The van der Waals surface area contributed by atoms with Crippen molar-refractivity contribution in [2.45, 2.75) is 5.79 Å². The number of hydrogen-bond acceptors (Lipinski definition) is 4. The van der Waals surface area contributed by atoms with Gasteiger partial charge in [0.2, 0.25) is 0 Å². The molecule has 0 amide bonds. The quantitative estimate of drug-likeness (QED) is 0.851. The van der Waals surface area contributed by atoms with Crippen LogP contribution in [0.15, 0.2) is 36.4 Å². The highest BCUT2D eigenvalue weighted by molar-refractivity contribution is 6.30. The summed E-state index contributed by atoms with van der Waals surface area (Å²) in [6.45, 7) is 0. The standard InChI is InChI=1S/C15H14ClO5/c1-20-14-6-9(3-11(16)7-14)15(19,21-2)10-4-12(17)8-13(18)5-10/h3-8,17-18H,1-2H3. The SMILES string of the molecule is COc1cc(Cl)cc(C([O])(OC)c2cc(O)cc(O)c2)c1. The summed E-state index contributed by atoms with van der Waals surface area (Å²) in [4.78, 5) is 0. The highest BCUT2D eigenvalue weighted by atomic mass is 35.5. The Labute approximate surface area is 126 Å². The van der Waals surface area contributed by atoms with Crippen LogP contribution in [0.5, 0.6) is 17.2 Å². The lowest BCUT2D eigenvalue weighted by Gasteiger charge is -2.25. The van der Waals surface area contributed by atoms with Crippen LogP contribution in [-0.4, -0.2) is 24.4 Å². The fourth-order valence-electron chi connectivity index (χ4n) is 2.06. The third-order valence-corrected chi connectivity index (χ3v) is 3.28. The van der Waals surface area contributed by atoms with Crippen LogP contribution in [-0.2, 0) is 15.6 Å². The maximum Gasteiger partial charge on any atom is 0.254 e. The maximum absolute atomic E-state index is 13.0. The summed E-state index contributed by atoms with van der Waals surface area (Å²) in [5.41, 5.74) is 0.242. The lowest BCUT2D eigenvalue weighted by atomic mass is 9.96. The lowest BCUT2D eigenvalue weighted by molar-refractivity contribution is -0.203. The Morgan fingerprint density at radius 1 is 0.952 bits per heavy atom. The van der Waals surface area contributed by atoms with Crippen molar-refractivity contribution in [3.05, 3.63) is 52.5 Å². The first-order chi connectivity index (χ1) is 9.88. The minimum Gasteiger partial charge on any atom is -0.508 e. The van der Waals surface area contributed by atoms with Crippen LogP contribution >= 0.6 is 11.6 Å². The Hall–Kier alpha value is -1.95. The molecule has 0 fully saturated rings.